The molecular formula is C18H18N4O2. The predicted octanol–water partition coefficient (Wildman–Crippen LogP) is 2.84. The summed E-state index contributed by atoms with van der Waals surface area (Å²) in [4.78, 5) is 22.0. The highest BCUT2D eigenvalue weighted by Gasteiger charge is 2.24. The summed E-state index contributed by atoms with van der Waals surface area (Å²) in [5, 5.41) is 5.23. The Morgan fingerprint density at radius 3 is 2.96 bits per heavy atom. The Balaban J connectivity index is 1.91. The molecule has 1 N–H and O–H groups in total. The van der Waals surface area contributed by atoms with Crippen LogP contribution in [-0.2, 0) is 11.4 Å². The monoisotopic (exact) mass is 322 g/mol. The number of fused-ring (bicyclic) bond motifs is 1. The van der Waals surface area contributed by atoms with Crippen LogP contribution < -0.4 is 11.0 Å². The average Bonchev–Trinajstić information content (AvgIpc) is 3.42. The fourth-order valence-electron chi connectivity index (χ4n) is 2.83. The first-order chi connectivity index (χ1) is 11.8. The zero-order chi connectivity index (χ0) is 16.5. The summed E-state index contributed by atoms with van der Waals surface area (Å²) in [5.74, 6) is 0.568. The minimum atomic E-state index is -0.0695. The van der Waals surface area contributed by atoms with Crippen molar-refractivity contribution in [2.24, 2.45) is 5.92 Å². The van der Waals surface area contributed by atoms with E-state index < -0.39 is 0 Å². The number of anilines is 1. The Morgan fingerprint density at radius 1 is 1.29 bits per heavy atom. The van der Waals surface area contributed by atoms with Crippen molar-refractivity contribution in [3.63, 3.8) is 0 Å². The van der Waals surface area contributed by atoms with Crippen molar-refractivity contribution in [2.75, 3.05) is 12.6 Å². The lowest BCUT2D eigenvalue weighted by Gasteiger charge is -2.11. The van der Waals surface area contributed by atoms with E-state index in [0.29, 0.717) is 29.1 Å². The molecule has 2 aromatic heterocycles. The number of pyridine rings is 1. The van der Waals surface area contributed by atoms with Gasteiger partial charge in [0.1, 0.15) is 11.2 Å². The summed E-state index contributed by atoms with van der Waals surface area (Å²) < 4.78 is 1.59. The number of aromatic nitrogens is 3. The van der Waals surface area contributed by atoms with E-state index in [1.807, 2.05) is 30.3 Å². The lowest BCUT2D eigenvalue weighted by molar-refractivity contribution is 0.271. The molecule has 0 amide bonds. The Kier molecular flexibility index (Phi) is 3.74. The van der Waals surface area contributed by atoms with Gasteiger partial charge in [0.15, 0.2) is 0 Å². The molecule has 1 fully saturated rings. The Bertz CT molecular complexity index is 947. The van der Waals surface area contributed by atoms with Crippen LogP contribution in [0.5, 0.6) is 0 Å². The Morgan fingerprint density at radius 2 is 2.17 bits per heavy atom. The normalized spacial score (nSPS) is 14.0. The predicted molar refractivity (Wildman–Crippen MR) is 92.6 cm³/mol. The lowest BCUT2D eigenvalue weighted by Crippen LogP contribution is -2.25. The number of rotatable bonds is 5. The highest BCUT2D eigenvalue weighted by atomic mass is 16.6. The van der Waals surface area contributed by atoms with Crippen molar-refractivity contribution in [3.05, 3.63) is 52.9 Å². The molecule has 1 saturated carbocycles. The fourth-order valence-corrected chi connectivity index (χ4v) is 2.83. The molecule has 0 atom stereocenters. The van der Waals surface area contributed by atoms with Gasteiger partial charge in [0.05, 0.1) is 18.2 Å². The molecule has 24 heavy (non-hydrogen) atoms. The van der Waals surface area contributed by atoms with Crippen LogP contribution in [0.1, 0.15) is 12.8 Å². The molecule has 0 aliphatic heterocycles. The molecule has 0 unspecified atom stereocenters. The van der Waals surface area contributed by atoms with Gasteiger partial charge in [0, 0.05) is 18.3 Å². The summed E-state index contributed by atoms with van der Waals surface area (Å²) in [6.45, 7) is 0.673. The van der Waals surface area contributed by atoms with Crippen LogP contribution in [0.2, 0.25) is 0 Å². The molecule has 4 rings (SSSR count). The van der Waals surface area contributed by atoms with Gasteiger partial charge in [-0.1, -0.05) is 12.1 Å². The number of hydrogen-bond donors (Lipinski definition) is 1. The van der Waals surface area contributed by atoms with Gasteiger partial charge in [-0.25, -0.2) is 4.68 Å². The summed E-state index contributed by atoms with van der Waals surface area (Å²) in [6.07, 6.45) is 4.03. The van der Waals surface area contributed by atoms with Crippen LogP contribution in [0.4, 0.5) is 5.69 Å². The van der Waals surface area contributed by atoms with Gasteiger partial charge >= 0.3 is 0 Å². The third-order valence-corrected chi connectivity index (χ3v) is 4.20. The largest absolute Gasteiger partial charge is 0.279 e. The van der Waals surface area contributed by atoms with Crippen molar-refractivity contribution in [1.29, 1.82) is 0 Å². The molecule has 1 aliphatic carbocycles. The summed E-state index contributed by atoms with van der Waals surface area (Å²) >= 11 is 0. The summed E-state index contributed by atoms with van der Waals surface area (Å²) in [5.41, 5.74) is 5.80. The zero-order valence-corrected chi connectivity index (χ0v) is 13.4. The second-order valence-corrected chi connectivity index (χ2v) is 6.07. The third kappa shape index (κ3) is 2.76. The van der Waals surface area contributed by atoms with E-state index in [1.54, 1.807) is 24.1 Å². The van der Waals surface area contributed by atoms with Crippen molar-refractivity contribution in [2.45, 2.75) is 19.4 Å². The van der Waals surface area contributed by atoms with E-state index in [0.717, 1.165) is 11.3 Å². The third-order valence-electron chi connectivity index (χ3n) is 4.20. The van der Waals surface area contributed by atoms with Crippen LogP contribution in [0, 0.1) is 5.92 Å². The van der Waals surface area contributed by atoms with E-state index in [2.05, 4.69) is 15.6 Å². The van der Waals surface area contributed by atoms with Gasteiger partial charge in [-0.05, 0) is 43.0 Å². The lowest BCUT2D eigenvalue weighted by atomic mass is 10.1. The van der Waals surface area contributed by atoms with Crippen LogP contribution >= 0.6 is 0 Å². The van der Waals surface area contributed by atoms with Crippen LogP contribution in [0.25, 0.3) is 22.2 Å². The maximum atomic E-state index is 12.7. The Labute approximate surface area is 139 Å². The molecule has 0 bridgehead atoms. The molecule has 122 valence electrons. The van der Waals surface area contributed by atoms with Crippen LogP contribution in [0.3, 0.4) is 0 Å². The van der Waals surface area contributed by atoms with Crippen LogP contribution in [-0.4, -0.2) is 21.9 Å². The molecule has 1 aromatic carbocycles. The maximum absolute atomic E-state index is 12.7. The number of nitrogens with one attached hydrogen (secondary N) is 1. The first kappa shape index (κ1) is 14.8. The SMILES string of the molecule is CONc1cccc(-c2nn(CC3CC3)c(=O)c3cccnc23)c1. The van der Waals surface area contributed by atoms with E-state index in [-0.39, 0.29) is 5.56 Å². The van der Waals surface area contributed by atoms with Crippen molar-refractivity contribution >= 4 is 16.6 Å². The molecular weight excluding hydrogens is 304 g/mol. The Hall–Kier alpha value is -2.73. The van der Waals surface area contributed by atoms with Crippen LogP contribution in [0.15, 0.2) is 47.4 Å². The smallest absolute Gasteiger partial charge is 0.276 e. The second kappa shape index (κ2) is 6.05. The topological polar surface area (TPSA) is 69.0 Å². The zero-order valence-electron chi connectivity index (χ0n) is 13.4. The minimum absolute atomic E-state index is 0.0695. The van der Waals surface area contributed by atoms with Gasteiger partial charge in [-0.2, -0.15) is 5.10 Å². The van der Waals surface area contributed by atoms with Gasteiger partial charge in [-0.3, -0.25) is 20.1 Å². The van der Waals surface area contributed by atoms with E-state index >= 15 is 0 Å². The van der Waals surface area contributed by atoms with E-state index in [4.69, 9.17) is 4.84 Å². The number of hydrogen-bond acceptors (Lipinski definition) is 5. The first-order valence-corrected chi connectivity index (χ1v) is 8.01. The average molecular weight is 322 g/mol. The molecule has 2 heterocycles. The molecule has 0 spiro atoms. The van der Waals surface area contributed by atoms with Gasteiger partial charge in [0.25, 0.3) is 5.56 Å². The van der Waals surface area contributed by atoms with Gasteiger partial charge < -0.3 is 0 Å². The summed E-state index contributed by atoms with van der Waals surface area (Å²) in [6, 6.07) is 11.3. The fraction of sp³-hybridized carbons (Fsp3) is 0.278. The molecule has 1 aliphatic rings. The van der Waals surface area contributed by atoms with E-state index in [9.17, 15) is 4.79 Å². The quantitative estimate of drug-likeness (QED) is 0.732. The highest BCUT2D eigenvalue weighted by molar-refractivity contribution is 5.90. The highest BCUT2D eigenvalue weighted by Crippen LogP contribution is 2.31. The molecule has 0 saturated heterocycles. The standard InChI is InChI=1S/C18H18N4O2/c1-24-21-14-5-2-4-13(10-14)16-17-15(6-3-9-19-17)18(23)22(20-16)11-12-7-8-12/h2-6,9-10,12,21H,7-8,11H2,1H3. The minimum Gasteiger partial charge on any atom is -0.279 e. The summed E-state index contributed by atoms with van der Waals surface area (Å²) in [7, 11) is 1.57. The van der Waals surface area contributed by atoms with Gasteiger partial charge in [-0.15, -0.1) is 0 Å². The van der Waals surface area contributed by atoms with Crippen molar-refractivity contribution in [3.8, 4) is 11.3 Å². The number of nitrogens with zero attached hydrogens (tertiary/aromatic N) is 3. The molecule has 6 heteroatoms. The van der Waals surface area contributed by atoms with Crippen molar-refractivity contribution in [1.82, 2.24) is 14.8 Å². The second-order valence-electron chi connectivity index (χ2n) is 6.07. The maximum Gasteiger partial charge on any atom is 0.276 e. The van der Waals surface area contributed by atoms with E-state index in [1.165, 1.54) is 12.8 Å². The van der Waals surface area contributed by atoms with Gasteiger partial charge in [0.2, 0.25) is 0 Å². The molecule has 0 radical (unpaired) electrons. The number of benzene rings is 1. The van der Waals surface area contributed by atoms with Crippen molar-refractivity contribution < 1.29 is 4.84 Å². The first-order valence-electron chi connectivity index (χ1n) is 8.01. The molecule has 6 nitrogen and oxygen atoms in total. The molecule has 3 aromatic rings.